The highest BCUT2D eigenvalue weighted by Gasteiger charge is 2.41. The summed E-state index contributed by atoms with van der Waals surface area (Å²) in [4.78, 5) is 22.8. The molecule has 0 saturated carbocycles. The molecule has 16 heavy (non-hydrogen) atoms. The average molecular weight is 218 g/mol. The molecule has 2 aliphatic carbocycles. The van der Waals surface area contributed by atoms with E-state index in [0.29, 0.717) is 24.8 Å². The lowest BCUT2D eigenvalue weighted by Crippen LogP contribution is -2.34. The van der Waals surface area contributed by atoms with Crippen LogP contribution in [0.15, 0.2) is 36.0 Å². The third kappa shape index (κ3) is 1.73. The Bertz CT molecular complexity index is 415. The largest absolute Gasteiger partial charge is 0.481 e. The minimum Gasteiger partial charge on any atom is -0.481 e. The summed E-state index contributed by atoms with van der Waals surface area (Å²) in [6, 6.07) is 0. The third-order valence-electron chi connectivity index (χ3n) is 3.27. The Morgan fingerprint density at radius 2 is 2.12 bits per heavy atom. The van der Waals surface area contributed by atoms with Gasteiger partial charge in [0.15, 0.2) is 5.78 Å². The van der Waals surface area contributed by atoms with Crippen LogP contribution in [0.2, 0.25) is 0 Å². The van der Waals surface area contributed by atoms with Crippen molar-refractivity contribution in [3.05, 3.63) is 36.0 Å². The molecule has 0 amide bonds. The minimum atomic E-state index is -0.888. The standard InChI is InChI=1S/C13H14O3/c14-11-6-4-5-10(9-11)13(12(15)16)7-2-1-3-8-13/h1-2,4-5,9H,3,6-8H2,(H,15,16)/t13-/m1/s1. The van der Waals surface area contributed by atoms with Gasteiger partial charge in [0.25, 0.3) is 0 Å². The van der Waals surface area contributed by atoms with Gasteiger partial charge in [-0.2, -0.15) is 0 Å². The summed E-state index contributed by atoms with van der Waals surface area (Å²) in [6.45, 7) is 0. The molecule has 0 aromatic heterocycles. The predicted molar refractivity (Wildman–Crippen MR) is 59.9 cm³/mol. The molecule has 3 heteroatoms. The second kappa shape index (κ2) is 4.08. The number of ketones is 1. The van der Waals surface area contributed by atoms with E-state index in [-0.39, 0.29) is 5.78 Å². The molecular weight excluding hydrogens is 204 g/mol. The number of rotatable bonds is 2. The van der Waals surface area contributed by atoms with E-state index in [0.717, 1.165) is 6.42 Å². The second-order valence-electron chi connectivity index (χ2n) is 4.27. The van der Waals surface area contributed by atoms with Gasteiger partial charge in [0.1, 0.15) is 0 Å². The first-order valence-electron chi connectivity index (χ1n) is 5.45. The van der Waals surface area contributed by atoms with Gasteiger partial charge in [-0.05, 0) is 30.9 Å². The number of aliphatic carboxylic acids is 1. The molecule has 0 radical (unpaired) electrons. The molecule has 0 fully saturated rings. The van der Waals surface area contributed by atoms with E-state index in [4.69, 9.17) is 0 Å². The Hall–Kier alpha value is -1.64. The maximum Gasteiger partial charge on any atom is 0.314 e. The lowest BCUT2D eigenvalue weighted by atomic mass is 9.70. The molecule has 0 saturated heterocycles. The van der Waals surface area contributed by atoms with E-state index in [1.54, 1.807) is 12.2 Å². The maximum atomic E-state index is 11.5. The lowest BCUT2D eigenvalue weighted by Gasteiger charge is -2.32. The van der Waals surface area contributed by atoms with Gasteiger partial charge < -0.3 is 5.11 Å². The van der Waals surface area contributed by atoms with Crippen LogP contribution in [0.4, 0.5) is 0 Å². The van der Waals surface area contributed by atoms with Crippen molar-refractivity contribution in [3.8, 4) is 0 Å². The first-order chi connectivity index (χ1) is 7.65. The van der Waals surface area contributed by atoms with Gasteiger partial charge >= 0.3 is 5.97 Å². The van der Waals surface area contributed by atoms with Crippen molar-refractivity contribution in [2.24, 2.45) is 5.41 Å². The summed E-state index contributed by atoms with van der Waals surface area (Å²) in [7, 11) is 0. The molecule has 2 rings (SSSR count). The highest BCUT2D eigenvalue weighted by atomic mass is 16.4. The van der Waals surface area contributed by atoms with Crippen LogP contribution in [-0.4, -0.2) is 16.9 Å². The molecule has 84 valence electrons. The number of allylic oxidation sites excluding steroid dienone is 5. The number of carbonyl (C=O) groups is 2. The molecular formula is C13H14O3. The number of hydrogen-bond acceptors (Lipinski definition) is 2. The van der Waals surface area contributed by atoms with E-state index >= 15 is 0 Å². The van der Waals surface area contributed by atoms with Crippen LogP contribution in [0.1, 0.15) is 25.7 Å². The monoisotopic (exact) mass is 218 g/mol. The zero-order chi connectivity index (χ0) is 11.6. The van der Waals surface area contributed by atoms with E-state index < -0.39 is 11.4 Å². The zero-order valence-electron chi connectivity index (χ0n) is 8.98. The first-order valence-corrected chi connectivity index (χ1v) is 5.45. The fraction of sp³-hybridized carbons (Fsp3) is 0.385. The highest BCUT2D eigenvalue weighted by molar-refractivity contribution is 5.95. The molecule has 0 aromatic rings. The van der Waals surface area contributed by atoms with Gasteiger partial charge in [-0.1, -0.05) is 24.3 Å². The number of carbonyl (C=O) groups excluding carboxylic acids is 1. The van der Waals surface area contributed by atoms with Crippen LogP contribution < -0.4 is 0 Å². The molecule has 3 nitrogen and oxygen atoms in total. The van der Waals surface area contributed by atoms with E-state index in [1.165, 1.54) is 6.08 Å². The van der Waals surface area contributed by atoms with E-state index in [1.807, 2.05) is 12.2 Å². The van der Waals surface area contributed by atoms with Crippen LogP contribution in [0.25, 0.3) is 0 Å². The molecule has 0 bridgehead atoms. The van der Waals surface area contributed by atoms with Crippen molar-refractivity contribution in [1.29, 1.82) is 0 Å². The summed E-state index contributed by atoms with van der Waals surface area (Å²) in [6.07, 6.45) is 11.1. The van der Waals surface area contributed by atoms with Crippen LogP contribution >= 0.6 is 0 Å². The summed E-state index contributed by atoms with van der Waals surface area (Å²) in [5.41, 5.74) is -0.234. The van der Waals surface area contributed by atoms with Crippen molar-refractivity contribution < 1.29 is 14.7 Å². The van der Waals surface area contributed by atoms with Crippen molar-refractivity contribution in [1.82, 2.24) is 0 Å². The van der Waals surface area contributed by atoms with Gasteiger partial charge in [-0.25, -0.2) is 0 Å². The number of carboxylic acids is 1. The van der Waals surface area contributed by atoms with Crippen LogP contribution in [0, 0.1) is 5.41 Å². The number of hydrogen-bond donors (Lipinski definition) is 1. The summed E-state index contributed by atoms with van der Waals surface area (Å²) in [5.74, 6) is -0.838. The maximum absolute atomic E-state index is 11.5. The van der Waals surface area contributed by atoms with Gasteiger partial charge in [0.2, 0.25) is 0 Å². The first kappa shape index (κ1) is 10.9. The Morgan fingerprint density at radius 1 is 1.31 bits per heavy atom. The summed E-state index contributed by atoms with van der Waals surface area (Å²) < 4.78 is 0. The molecule has 1 atom stereocenters. The fourth-order valence-corrected chi connectivity index (χ4v) is 2.29. The van der Waals surface area contributed by atoms with Gasteiger partial charge in [-0.3, -0.25) is 9.59 Å². The minimum absolute atomic E-state index is 0.00678. The quantitative estimate of drug-likeness (QED) is 0.723. The van der Waals surface area contributed by atoms with Crippen molar-refractivity contribution in [2.45, 2.75) is 25.7 Å². The van der Waals surface area contributed by atoms with Crippen LogP contribution in [-0.2, 0) is 9.59 Å². The topological polar surface area (TPSA) is 54.4 Å². The highest BCUT2D eigenvalue weighted by Crippen LogP contribution is 2.41. The Labute approximate surface area is 94.2 Å². The van der Waals surface area contributed by atoms with Crippen molar-refractivity contribution in [3.63, 3.8) is 0 Å². The number of carboxylic acid groups (broad SMARTS) is 1. The molecule has 2 aliphatic rings. The normalized spacial score (nSPS) is 29.0. The predicted octanol–water partition coefficient (Wildman–Crippen LogP) is 2.25. The molecule has 0 heterocycles. The van der Waals surface area contributed by atoms with E-state index in [2.05, 4.69) is 0 Å². The summed E-state index contributed by atoms with van der Waals surface area (Å²) >= 11 is 0. The van der Waals surface area contributed by atoms with Crippen molar-refractivity contribution in [2.75, 3.05) is 0 Å². The zero-order valence-corrected chi connectivity index (χ0v) is 8.98. The van der Waals surface area contributed by atoms with Crippen LogP contribution in [0.3, 0.4) is 0 Å². The van der Waals surface area contributed by atoms with Crippen LogP contribution in [0.5, 0.6) is 0 Å². The van der Waals surface area contributed by atoms with Gasteiger partial charge in [0.05, 0.1) is 5.41 Å². The Morgan fingerprint density at radius 3 is 2.69 bits per heavy atom. The van der Waals surface area contributed by atoms with Gasteiger partial charge in [0, 0.05) is 6.42 Å². The Balaban J connectivity index is 2.40. The second-order valence-corrected chi connectivity index (χ2v) is 4.27. The smallest absolute Gasteiger partial charge is 0.314 e. The molecule has 0 aromatic carbocycles. The molecule has 0 aliphatic heterocycles. The molecule has 0 spiro atoms. The third-order valence-corrected chi connectivity index (χ3v) is 3.27. The molecule has 1 N–H and O–H groups in total. The summed E-state index contributed by atoms with van der Waals surface area (Å²) in [5, 5.41) is 9.41. The van der Waals surface area contributed by atoms with E-state index in [9.17, 15) is 14.7 Å². The Kier molecular flexibility index (Phi) is 2.77. The SMILES string of the molecule is O=C1C=C([C@@]2(C(=O)O)CC=CCC2)C=CC1. The lowest BCUT2D eigenvalue weighted by molar-refractivity contribution is -0.146. The van der Waals surface area contributed by atoms with Crippen molar-refractivity contribution >= 4 is 11.8 Å². The fourth-order valence-electron chi connectivity index (χ4n) is 2.29. The van der Waals surface area contributed by atoms with Gasteiger partial charge in [-0.15, -0.1) is 0 Å². The average Bonchev–Trinajstić information content (AvgIpc) is 2.30. The molecule has 0 unspecified atom stereocenters.